The predicted octanol–water partition coefficient (Wildman–Crippen LogP) is 3.80. The fourth-order valence-electron chi connectivity index (χ4n) is 2.70. The number of nitrogens with zero attached hydrogens (tertiary/aromatic N) is 2. The number of benzene rings is 2. The molecule has 3 rings (SSSR count). The van der Waals surface area contributed by atoms with Crippen molar-refractivity contribution in [2.45, 2.75) is 53.9 Å². The second-order valence-electron chi connectivity index (χ2n) is 6.58. The molecular formula is C25H32KN3OS-2. The van der Waals surface area contributed by atoms with E-state index in [0.29, 0.717) is 10.3 Å². The maximum atomic E-state index is 11.1. The van der Waals surface area contributed by atoms with Crippen LogP contribution in [0.2, 0.25) is 0 Å². The number of rotatable bonds is 5. The Bertz CT molecular complexity index is 960. The zero-order chi connectivity index (χ0) is 22.5. The molecule has 0 spiro atoms. The van der Waals surface area contributed by atoms with Gasteiger partial charge in [-0.25, -0.2) is 0 Å². The standard InChI is InChI=1S/C19H18N3OS.2C3H7.K/c1-3-13-5-9-17(10-6-13)22-18(20-21-19(22)24)15-7-8-16(12-23)14(4-2)11-15;2*1-3-2;/h5,7-12H,3-4H2,1-2H3,(H,21,24);3H,1-2H3;1,3H2,2H3;/q3*-1;+1. The number of aryl methyl sites for hydroxylation is 2. The molecule has 3 aromatic rings. The third-order valence-electron chi connectivity index (χ3n) is 4.08. The monoisotopic (exact) mass is 461 g/mol. The van der Waals surface area contributed by atoms with Crippen molar-refractivity contribution in [2.75, 3.05) is 0 Å². The second-order valence-corrected chi connectivity index (χ2v) is 6.96. The van der Waals surface area contributed by atoms with Crippen LogP contribution in [-0.2, 0) is 12.8 Å². The molecule has 4 nitrogen and oxygen atoms in total. The van der Waals surface area contributed by atoms with Crippen molar-refractivity contribution in [1.29, 1.82) is 0 Å². The van der Waals surface area contributed by atoms with Crippen LogP contribution >= 0.6 is 12.2 Å². The first-order valence-corrected chi connectivity index (χ1v) is 10.7. The van der Waals surface area contributed by atoms with Crippen molar-refractivity contribution in [3.8, 4) is 17.1 Å². The van der Waals surface area contributed by atoms with E-state index in [0.717, 1.165) is 53.8 Å². The van der Waals surface area contributed by atoms with Gasteiger partial charge < -0.3 is 17.9 Å². The zero-order valence-electron chi connectivity index (χ0n) is 19.7. The molecule has 0 saturated carbocycles. The van der Waals surface area contributed by atoms with Gasteiger partial charge in [-0.2, -0.15) is 49.1 Å². The molecular weight excluding hydrogens is 429 g/mol. The Labute approximate surface area is 235 Å². The molecule has 0 aliphatic heterocycles. The van der Waals surface area contributed by atoms with Crippen LogP contribution in [0, 0.1) is 24.2 Å². The van der Waals surface area contributed by atoms with Crippen molar-refractivity contribution >= 4 is 18.5 Å². The fourth-order valence-corrected chi connectivity index (χ4v) is 2.94. The van der Waals surface area contributed by atoms with Crippen LogP contribution < -0.4 is 51.4 Å². The molecule has 6 heteroatoms. The summed E-state index contributed by atoms with van der Waals surface area (Å²) in [5.41, 5.74) is 4.69. The molecule has 0 amide bonds. The van der Waals surface area contributed by atoms with Gasteiger partial charge in [-0.3, -0.25) is 9.89 Å². The van der Waals surface area contributed by atoms with Gasteiger partial charge in [-0.05, 0) is 30.3 Å². The molecule has 0 unspecified atom stereocenters. The minimum absolute atomic E-state index is 0. The number of hydrogen-bond donors (Lipinski definition) is 1. The molecule has 1 N–H and O–H groups in total. The first kappa shape index (κ1) is 30.1. The normalized spacial score (nSPS) is 9.48. The van der Waals surface area contributed by atoms with Gasteiger partial charge in [0.15, 0.2) is 10.6 Å². The number of hydrogen-bond acceptors (Lipinski definition) is 3. The topological polar surface area (TPSA) is 50.7 Å². The van der Waals surface area contributed by atoms with Gasteiger partial charge >= 0.3 is 51.4 Å². The molecule has 2 aromatic carbocycles. The number of aromatic amines is 1. The Morgan fingerprint density at radius 2 is 1.84 bits per heavy atom. The zero-order valence-corrected chi connectivity index (χ0v) is 23.6. The van der Waals surface area contributed by atoms with Crippen LogP contribution in [0.5, 0.6) is 0 Å². The van der Waals surface area contributed by atoms with Crippen LogP contribution in [0.25, 0.3) is 17.1 Å². The Morgan fingerprint density at radius 3 is 2.32 bits per heavy atom. The summed E-state index contributed by atoms with van der Waals surface area (Å²) in [6.07, 6.45) is 5.61. The SMILES string of the molecule is CCc1[c-]cc(-n2c(-c3ccc(C=O)c(CC)c3)n[nH]c2=S)cc1.C[CH-]C.[CH2-]CC.[K+]. The molecule has 1 aromatic heterocycles. The maximum Gasteiger partial charge on any atom is 1.00 e. The van der Waals surface area contributed by atoms with E-state index in [2.05, 4.69) is 30.1 Å². The first-order chi connectivity index (χ1) is 14.5. The Hall–Kier alpha value is -0.894. The van der Waals surface area contributed by atoms with E-state index < -0.39 is 0 Å². The number of aldehydes is 1. The Kier molecular flexibility index (Phi) is 16.2. The molecule has 0 fully saturated rings. The van der Waals surface area contributed by atoms with Gasteiger partial charge in [0.2, 0.25) is 0 Å². The van der Waals surface area contributed by atoms with Crippen molar-refractivity contribution < 1.29 is 56.2 Å². The Balaban J connectivity index is 0.00000116. The second kappa shape index (κ2) is 16.7. The summed E-state index contributed by atoms with van der Waals surface area (Å²) in [6, 6.07) is 15.0. The van der Waals surface area contributed by atoms with Gasteiger partial charge in [0.1, 0.15) is 6.29 Å². The van der Waals surface area contributed by atoms with Crippen molar-refractivity contribution in [3.05, 3.63) is 77.3 Å². The van der Waals surface area contributed by atoms with Gasteiger partial charge in [0.05, 0.1) is 0 Å². The number of carbonyl (C=O) groups excluding carboxylic acids is 1. The van der Waals surface area contributed by atoms with E-state index in [4.69, 9.17) is 12.2 Å². The van der Waals surface area contributed by atoms with E-state index in [9.17, 15) is 4.79 Å². The van der Waals surface area contributed by atoms with Crippen molar-refractivity contribution in [2.24, 2.45) is 0 Å². The van der Waals surface area contributed by atoms with Crippen LogP contribution in [-0.4, -0.2) is 21.1 Å². The molecule has 0 saturated heterocycles. The average molecular weight is 462 g/mol. The quantitative estimate of drug-likeness (QED) is 0.272. The fraction of sp³-hybridized carbons (Fsp3) is 0.320. The van der Waals surface area contributed by atoms with Crippen LogP contribution in [0.4, 0.5) is 0 Å². The largest absolute Gasteiger partial charge is 1.00 e. The summed E-state index contributed by atoms with van der Waals surface area (Å²) in [7, 11) is 0. The summed E-state index contributed by atoms with van der Waals surface area (Å²) in [5, 5.41) is 7.24. The van der Waals surface area contributed by atoms with E-state index in [1.54, 1.807) is 0 Å². The van der Waals surface area contributed by atoms with Gasteiger partial charge in [0.25, 0.3) is 0 Å². The molecule has 0 bridgehead atoms. The van der Waals surface area contributed by atoms with Gasteiger partial charge in [-0.15, -0.1) is 6.07 Å². The Morgan fingerprint density at radius 1 is 1.19 bits per heavy atom. The van der Waals surface area contributed by atoms with Gasteiger partial charge in [0, 0.05) is 11.1 Å². The van der Waals surface area contributed by atoms with E-state index in [1.165, 1.54) is 0 Å². The minimum atomic E-state index is 0. The molecule has 0 aliphatic carbocycles. The van der Waals surface area contributed by atoms with Crippen LogP contribution in [0.15, 0.2) is 36.4 Å². The molecule has 0 atom stereocenters. The van der Waals surface area contributed by atoms with E-state index >= 15 is 0 Å². The predicted molar refractivity (Wildman–Crippen MR) is 128 cm³/mol. The van der Waals surface area contributed by atoms with Gasteiger partial charge in [-0.1, -0.05) is 45.0 Å². The number of H-pyrrole nitrogens is 1. The van der Waals surface area contributed by atoms with Crippen LogP contribution in [0.3, 0.4) is 0 Å². The summed E-state index contributed by atoms with van der Waals surface area (Å²) >= 11 is 5.40. The summed E-state index contributed by atoms with van der Waals surface area (Å²) in [6.45, 7) is 13.6. The number of aromatic nitrogens is 3. The van der Waals surface area contributed by atoms with E-state index in [1.807, 2.05) is 75.1 Å². The van der Waals surface area contributed by atoms with Crippen molar-refractivity contribution in [3.63, 3.8) is 0 Å². The first-order valence-electron chi connectivity index (χ1n) is 10.3. The molecule has 1 heterocycles. The average Bonchev–Trinajstić information content (AvgIpc) is 3.15. The summed E-state index contributed by atoms with van der Waals surface area (Å²) in [5.74, 6) is 0.727. The third-order valence-corrected chi connectivity index (χ3v) is 4.36. The minimum Gasteiger partial charge on any atom is -0.344 e. The third kappa shape index (κ3) is 8.87. The summed E-state index contributed by atoms with van der Waals surface area (Å²) < 4.78 is 2.42. The smallest absolute Gasteiger partial charge is 0.344 e. The maximum absolute atomic E-state index is 11.1. The van der Waals surface area contributed by atoms with E-state index in [-0.39, 0.29) is 51.4 Å². The molecule has 0 aliphatic rings. The molecule has 162 valence electrons. The number of nitrogens with one attached hydrogen (secondary N) is 1. The number of carbonyl (C=O) groups is 1. The molecule has 0 radical (unpaired) electrons. The summed E-state index contributed by atoms with van der Waals surface area (Å²) in [4.78, 5) is 11.1. The molecule has 31 heavy (non-hydrogen) atoms. The van der Waals surface area contributed by atoms with Crippen molar-refractivity contribution in [1.82, 2.24) is 14.8 Å². The van der Waals surface area contributed by atoms with Crippen LogP contribution in [0.1, 0.15) is 62.5 Å².